The predicted octanol–water partition coefficient (Wildman–Crippen LogP) is 3.45. The normalized spacial score (nSPS) is 19.2. The highest BCUT2D eigenvalue weighted by atomic mass is 35.5. The van der Waals surface area contributed by atoms with E-state index in [2.05, 4.69) is 20.1 Å². The van der Waals surface area contributed by atoms with Gasteiger partial charge in [-0.1, -0.05) is 54.1 Å². The van der Waals surface area contributed by atoms with Crippen LogP contribution in [0, 0.1) is 0 Å². The molecule has 0 fully saturated rings. The molecule has 140 valence electrons. The minimum atomic E-state index is -3.46. The van der Waals surface area contributed by atoms with Gasteiger partial charge < -0.3 is 5.32 Å². The third-order valence-corrected chi connectivity index (χ3v) is 5.23. The van der Waals surface area contributed by atoms with E-state index in [1.807, 2.05) is 54.6 Å². The van der Waals surface area contributed by atoms with Crippen LogP contribution in [0.5, 0.6) is 0 Å². The quantitative estimate of drug-likeness (QED) is 0.696. The first-order valence-corrected chi connectivity index (χ1v) is 10.7. The van der Waals surface area contributed by atoms with Crippen LogP contribution in [0.2, 0.25) is 5.02 Å². The SMILES string of the molecule is CS(=O)(=O)Nc1nc2n(n1)[C@@H](c1ccccc1)C[C@@H](c1ccc(Cl)cc1)N2. The van der Waals surface area contributed by atoms with Crippen LogP contribution in [-0.4, -0.2) is 29.4 Å². The number of rotatable bonds is 4. The molecule has 9 heteroatoms. The van der Waals surface area contributed by atoms with Crippen molar-refractivity contribution in [2.45, 2.75) is 18.5 Å². The summed E-state index contributed by atoms with van der Waals surface area (Å²) in [4.78, 5) is 4.33. The Balaban J connectivity index is 1.75. The van der Waals surface area contributed by atoms with Crippen molar-refractivity contribution in [3.8, 4) is 0 Å². The summed E-state index contributed by atoms with van der Waals surface area (Å²) in [6, 6.07) is 17.5. The molecule has 1 aromatic heterocycles. The summed E-state index contributed by atoms with van der Waals surface area (Å²) in [6.45, 7) is 0. The van der Waals surface area contributed by atoms with Crippen molar-refractivity contribution in [3.05, 3.63) is 70.7 Å². The van der Waals surface area contributed by atoms with Gasteiger partial charge in [0.1, 0.15) is 0 Å². The second-order valence-electron chi connectivity index (χ2n) is 6.49. The third-order valence-electron chi connectivity index (χ3n) is 4.42. The van der Waals surface area contributed by atoms with Crippen LogP contribution in [0.15, 0.2) is 54.6 Å². The Hall–Kier alpha value is -2.58. The molecule has 2 atom stereocenters. The Labute approximate surface area is 162 Å². The first-order chi connectivity index (χ1) is 12.9. The molecular formula is C18H18ClN5O2S. The van der Waals surface area contributed by atoms with Crippen molar-refractivity contribution in [2.24, 2.45) is 0 Å². The zero-order valence-electron chi connectivity index (χ0n) is 14.5. The first kappa shape index (κ1) is 17.8. The van der Waals surface area contributed by atoms with Crippen LogP contribution in [0.4, 0.5) is 11.9 Å². The van der Waals surface area contributed by atoms with Crippen LogP contribution in [0.1, 0.15) is 29.6 Å². The molecular weight excluding hydrogens is 386 g/mol. The van der Waals surface area contributed by atoms with Gasteiger partial charge in [0.15, 0.2) is 0 Å². The molecule has 0 aliphatic carbocycles. The van der Waals surface area contributed by atoms with Crippen molar-refractivity contribution < 1.29 is 8.42 Å². The molecule has 0 saturated heterocycles. The monoisotopic (exact) mass is 403 g/mol. The highest BCUT2D eigenvalue weighted by Gasteiger charge is 2.31. The maximum absolute atomic E-state index is 11.5. The Kier molecular flexibility index (Phi) is 4.53. The third kappa shape index (κ3) is 3.91. The lowest BCUT2D eigenvalue weighted by Crippen LogP contribution is -2.28. The van der Waals surface area contributed by atoms with E-state index < -0.39 is 10.0 Å². The molecule has 0 bridgehead atoms. The number of benzene rings is 2. The van der Waals surface area contributed by atoms with Gasteiger partial charge in [-0.3, -0.25) is 4.72 Å². The maximum Gasteiger partial charge on any atom is 0.257 e. The predicted molar refractivity (Wildman–Crippen MR) is 106 cm³/mol. The lowest BCUT2D eigenvalue weighted by molar-refractivity contribution is 0.431. The van der Waals surface area contributed by atoms with E-state index in [0.29, 0.717) is 11.0 Å². The summed E-state index contributed by atoms with van der Waals surface area (Å²) >= 11 is 6.01. The largest absolute Gasteiger partial charge is 0.347 e. The van der Waals surface area contributed by atoms with Gasteiger partial charge in [0.2, 0.25) is 16.0 Å². The Morgan fingerprint density at radius 2 is 1.81 bits per heavy atom. The van der Waals surface area contributed by atoms with Crippen molar-refractivity contribution in [1.29, 1.82) is 0 Å². The molecule has 2 aromatic carbocycles. The van der Waals surface area contributed by atoms with Gasteiger partial charge >= 0.3 is 0 Å². The number of halogens is 1. The Bertz CT molecular complexity index is 1050. The minimum absolute atomic E-state index is 0.00439. The van der Waals surface area contributed by atoms with Gasteiger partial charge in [-0.05, 0) is 29.7 Å². The van der Waals surface area contributed by atoms with E-state index in [-0.39, 0.29) is 18.0 Å². The summed E-state index contributed by atoms with van der Waals surface area (Å²) in [5.41, 5.74) is 2.15. The van der Waals surface area contributed by atoms with Crippen LogP contribution in [0.25, 0.3) is 0 Å². The Morgan fingerprint density at radius 1 is 1.11 bits per heavy atom. The molecule has 7 nitrogen and oxygen atoms in total. The number of nitrogens with zero attached hydrogens (tertiary/aromatic N) is 3. The lowest BCUT2D eigenvalue weighted by Gasteiger charge is -2.31. The van der Waals surface area contributed by atoms with Crippen LogP contribution >= 0.6 is 11.6 Å². The highest BCUT2D eigenvalue weighted by Crippen LogP contribution is 2.38. The van der Waals surface area contributed by atoms with Gasteiger partial charge in [0, 0.05) is 5.02 Å². The second-order valence-corrected chi connectivity index (χ2v) is 8.67. The fraction of sp³-hybridized carbons (Fsp3) is 0.222. The smallest absolute Gasteiger partial charge is 0.257 e. The van der Waals surface area contributed by atoms with E-state index in [9.17, 15) is 8.42 Å². The fourth-order valence-electron chi connectivity index (χ4n) is 3.25. The molecule has 1 aliphatic heterocycles. The van der Waals surface area contributed by atoms with Gasteiger partial charge in [-0.15, -0.1) is 5.10 Å². The van der Waals surface area contributed by atoms with Gasteiger partial charge in [0.25, 0.3) is 5.95 Å². The summed E-state index contributed by atoms with van der Waals surface area (Å²) in [5, 5.41) is 8.40. The highest BCUT2D eigenvalue weighted by molar-refractivity contribution is 7.91. The molecule has 2 heterocycles. The number of aromatic nitrogens is 3. The van der Waals surface area contributed by atoms with Gasteiger partial charge in [-0.2, -0.15) is 4.98 Å². The molecule has 0 amide bonds. The van der Waals surface area contributed by atoms with E-state index in [1.54, 1.807) is 4.68 Å². The first-order valence-electron chi connectivity index (χ1n) is 8.40. The average Bonchev–Trinajstić information content (AvgIpc) is 3.02. The molecule has 1 aliphatic rings. The fourth-order valence-corrected chi connectivity index (χ4v) is 3.80. The van der Waals surface area contributed by atoms with E-state index in [0.717, 1.165) is 23.8 Å². The topological polar surface area (TPSA) is 88.9 Å². The van der Waals surface area contributed by atoms with E-state index in [1.165, 1.54) is 0 Å². The van der Waals surface area contributed by atoms with Crippen molar-refractivity contribution in [3.63, 3.8) is 0 Å². The number of anilines is 2. The number of sulfonamides is 1. The van der Waals surface area contributed by atoms with Crippen LogP contribution < -0.4 is 10.0 Å². The molecule has 0 spiro atoms. The van der Waals surface area contributed by atoms with Crippen molar-refractivity contribution in [2.75, 3.05) is 16.3 Å². The number of nitrogens with one attached hydrogen (secondary N) is 2. The van der Waals surface area contributed by atoms with Gasteiger partial charge in [0.05, 0.1) is 18.3 Å². The summed E-state index contributed by atoms with van der Waals surface area (Å²) in [5.74, 6) is 0.568. The zero-order chi connectivity index (χ0) is 19.0. The molecule has 4 rings (SSSR count). The Morgan fingerprint density at radius 3 is 2.48 bits per heavy atom. The van der Waals surface area contributed by atoms with Gasteiger partial charge in [-0.25, -0.2) is 13.1 Å². The lowest BCUT2D eigenvalue weighted by atomic mass is 9.93. The van der Waals surface area contributed by atoms with E-state index >= 15 is 0 Å². The number of fused-ring (bicyclic) bond motifs is 1. The van der Waals surface area contributed by atoms with Crippen molar-refractivity contribution >= 4 is 33.5 Å². The molecule has 3 aromatic rings. The molecule has 27 heavy (non-hydrogen) atoms. The molecule has 2 N–H and O–H groups in total. The maximum atomic E-state index is 11.5. The average molecular weight is 404 g/mol. The number of hydrogen-bond acceptors (Lipinski definition) is 5. The van der Waals surface area contributed by atoms with Crippen LogP contribution in [-0.2, 0) is 10.0 Å². The second kappa shape index (κ2) is 6.86. The van der Waals surface area contributed by atoms with Crippen molar-refractivity contribution in [1.82, 2.24) is 14.8 Å². The molecule has 0 radical (unpaired) electrons. The summed E-state index contributed by atoms with van der Waals surface area (Å²) in [7, 11) is -3.46. The summed E-state index contributed by atoms with van der Waals surface area (Å²) in [6.07, 6.45) is 1.81. The molecule has 0 saturated carbocycles. The van der Waals surface area contributed by atoms with Crippen LogP contribution in [0.3, 0.4) is 0 Å². The standard InChI is InChI=1S/C18H18ClN5O2S/c1-27(25,26)23-17-21-18-20-15(12-7-9-14(19)10-8-12)11-16(24(18)22-17)13-5-3-2-4-6-13/h2-10,15-16H,11H2,1H3,(H2,20,21,22,23)/t15-,16+/m0/s1. The summed E-state index contributed by atoms with van der Waals surface area (Å²) < 4.78 is 27.2. The number of hydrogen-bond donors (Lipinski definition) is 2. The zero-order valence-corrected chi connectivity index (χ0v) is 16.1. The van der Waals surface area contributed by atoms with E-state index in [4.69, 9.17) is 11.6 Å². The minimum Gasteiger partial charge on any atom is -0.347 e. The molecule has 0 unspecified atom stereocenters.